The summed E-state index contributed by atoms with van der Waals surface area (Å²) < 4.78 is 1.66. The second-order valence-corrected chi connectivity index (χ2v) is 6.86. The summed E-state index contributed by atoms with van der Waals surface area (Å²) in [5.41, 5.74) is 2.33. The van der Waals surface area contributed by atoms with E-state index in [-0.39, 0.29) is 11.6 Å². The van der Waals surface area contributed by atoms with Crippen molar-refractivity contribution >= 4 is 46.4 Å². The van der Waals surface area contributed by atoms with E-state index in [1.807, 2.05) is 19.1 Å². The van der Waals surface area contributed by atoms with E-state index < -0.39 is 0 Å². The lowest BCUT2D eigenvalue weighted by molar-refractivity contribution is 0.102. The van der Waals surface area contributed by atoms with Crippen LogP contribution in [-0.2, 0) is 6.42 Å². The van der Waals surface area contributed by atoms with Crippen molar-refractivity contribution in [1.82, 2.24) is 15.0 Å². The molecule has 0 aliphatic heterocycles. The molecule has 3 aromatic rings. The van der Waals surface area contributed by atoms with Gasteiger partial charge in [-0.15, -0.1) is 5.10 Å². The molecule has 0 saturated carbocycles. The molecule has 0 aliphatic rings. The first kappa shape index (κ1) is 18.7. The maximum absolute atomic E-state index is 12.7. The van der Waals surface area contributed by atoms with Gasteiger partial charge in [0.2, 0.25) is 0 Å². The first-order chi connectivity index (χ1) is 12.5. The van der Waals surface area contributed by atoms with E-state index in [1.165, 1.54) is 0 Å². The number of rotatable bonds is 5. The van der Waals surface area contributed by atoms with E-state index in [2.05, 4.69) is 15.6 Å². The van der Waals surface area contributed by atoms with E-state index >= 15 is 0 Å². The summed E-state index contributed by atoms with van der Waals surface area (Å²) in [6, 6.07) is 12.1. The molecule has 2 aromatic carbocycles. The van der Waals surface area contributed by atoms with Crippen molar-refractivity contribution in [2.45, 2.75) is 19.8 Å². The van der Waals surface area contributed by atoms with Crippen molar-refractivity contribution in [3.8, 4) is 5.69 Å². The lowest BCUT2D eigenvalue weighted by Crippen LogP contribution is -2.15. The van der Waals surface area contributed by atoms with Gasteiger partial charge in [-0.2, -0.15) is 0 Å². The Hall–Kier alpha value is -2.08. The quantitative estimate of drug-likeness (QED) is 0.611. The molecule has 0 fully saturated rings. The number of aromatic nitrogens is 3. The number of nitrogens with one attached hydrogen (secondary N) is 1. The molecule has 26 heavy (non-hydrogen) atoms. The number of benzene rings is 2. The molecule has 0 unspecified atom stereocenters. The Morgan fingerprint density at radius 1 is 1.08 bits per heavy atom. The molecule has 0 saturated heterocycles. The predicted molar refractivity (Wildman–Crippen MR) is 105 cm³/mol. The highest BCUT2D eigenvalue weighted by Gasteiger charge is 2.20. The Labute approximate surface area is 165 Å². The fourth-order valence-corrected chi connectivity index (χ4v) is 2.92. The third-order valence-corrected chi connectivity index (χ3v) is 4.70. The molecule has 1 aromatic heterocycles. The van der Waals surface area contributed by atoms with Gasteiger partial charge in [0, 0.05) is 10.7 Å². The van der Waals surface area contributed by atoms with Gasteiger partial charge < -0.3 is 5.32 Å². The van der Waals surface area contributed by atoms with E-state index in [4.69, 9.17) is 34.8 Å². The molecule has 5 nitrogen and oxygen atoms in total. The Bertz CT molecular complexity index is 938. The van der Waals surface area contributed by atoms with Crippen LogP contribution in [0, 0.1) is 0 Å². The number of carbonyl (C=O) groups excluding carboxylic acids is 1. The Morgan fingerprint density at radius 2 is 1.81 bits per heavy atom. The maximum atomic E-state index is 12.7. The number of anilines is 1. The number of carbonyl (C=O) groups is 1. The third-order valence-electron chi connectivity index (χ3n) is 3.71. The summed E-state index contributed by atoms with van der Waals surface area (Å²) in [5.74, 6) is -0.355. The molecule has 1 heterocycles. The van der Waals surface area contributed by atoms with E-state index in [0.29, 0.717) is 27.2 Å². The summed E-state index contributed by atoms with van der Waals surface area (Å²) in [5, 5.41) is 12.4. The minimum Gasteiger partial charge on any atom is -0.320 e. The molecule has 0 atom stereocenters. The average Bonchev–Trinajstić information content (AvgIpc) is 3.03. The van der Waals surface area contributed by atoms with Crippen molar-refractivity contribution in [1.29, 1.82) is 0 Å². The highest BCUT2D eigenvalue weighted by Crippen LogP contribution is 2.25. The number of hydrogen-bond donors (Lipinski definition) is 1. The summed E-state index contributed by atoms with van der Waals surface area (Å²) in [6.07, 6.45) is 1.49. The lowest BCUT2D eigenvalue weighted by Gasteiger charge is -2.08. The summed E-state index contributed by atoms with van der Waals surface area (Å²) >= 11 is 17.8. The normalized spacial score (nSPS) is 10.8. The van der Waals surface area contributed by atoms with Gasteiger partial charge in [-0.25, -0.2) is 4.68 Å². The van der Waals surface area contributed by atoms with Crippen molar-refractivity contribution in [2.24, 2.45) is 0 Å². The molecule has 0 radical (unpaired) electrons. The van der Waals surface area contributed by atoms with E-state index in [1.54, 1.807) is 35.0 Å². The first-order valence-electron chi connectivity index (χ1n) is 7.96. The Morgan fingerprint density at radius 3 is 2.46 bits per heavy atom. The monoisotopic (exact) mass is 408 g/mol. The van der Waals surface area contributed by atoms with Crippen LogP contribution in [-0.4, -0.2) is 20.9 Å². The van der Waals surface area contributed by atoms with E-state index in [0.717, 1.165) is 17.8 Å². The SMILES string of the molecule is CCCc1c(C(=O)Nc2ccc(Cl)c(Cl)c2)nnn1-c1ccc(Cl)cc1. The molecular weight excluding hydrogens is 395 g/mol. The number of hydrogen-bond acceptors (Lipinski definition) is 3. The van der Waals surface area contributed by atoms with Gasteiger partial charge in [-0.05, 0) is 48.9 Å². The number of nitrogens with zero attached hydrogens (tertiary/aromatic N) is 3. The van der Waals surface area contributed by atoms with Gasteiger partial charge in [0.1, 0.15) is 0 Å². The zero-order chi connectivity index (χ0) is 18.7. The second-order valence-electron chi connectivity index (χ2n) is 5.61. The van der Waals surface area contributed by atoms with E-state index in [9.17, 15) is 4.79 Å². The van der Waals surface area contributed by atoms with Crippen molar-refractivity contribution in [3.05, 3.63) is 68.9 Å². The van der Waals surface area contributed by atoms with Gasteiger partial charge in [-0.3, -0.25) is 4.79 Å². The van der Waals surface area contributed by atoms with Crippen LogP contribution < -0.4 is 5.32 Å². The second kappa shape index (κ2) is 8.08. The summed E-state index contributed by atoms with van der Waals surface area (Å²) in [4.78, 5) is 12.7. The molecule has 134 valence electrons. The average molecular weight is 410 g/mol. The zero-order valence-corrected chi connectivity index (χ0v) is 16.1. The molecule has 0 bridgehead atoms. The van der Waals surface area contributed by atoms with Crippen LogP contribution in [0.15, 0.2) is 42.5 Å². The van der Waals surface area contributed by atoms with Crippen LogP contribution in [0.3, 0.4) is 0 Å². The molecular formula is C18H15Cl3N4O. The van der Waals surface area contributed by atoms with Gasteiger partial charge in [0.25, 0.3) is 5.91 Å². The van der Waals surface area contributed by atoms with Crippen molar-refractivity contribution in [2.75, 3.05) is 5.32 Å². The van der Waals surface area contributed by atoms with Crippen molar-refractivity contribution in [3.63, 3.8) is 0 Å². The third kappa shape index (κ3) is 4.01. The van der Waals surface area contributed by atoms with Crippen LogP contribution in [0.25, 0.3) is 5.69 Å². The number of amides is 1. The zero-order valence-electron chi connectivity index (χ0n) is 13.8. The highest BCUT2D eigenvalue weighted by atomic mass is 35.5. The lowest BCUT2D eigenvalue weighted by atomic mass is 10.2. The Kier molecular flexibility index (Phi) is 5.81. The highest BCUT2D eigenvalue weighted by molar-refractivity contribution is 6.42. The molecule has 0 spiro atoms. The smallest absolute Gasteiger partial charge is 0.278 e. The largest absolute Gasteiger partial charge is 0.320 e. The van der Waals surface area contributed by atoms with Crippen molar-refractivity contribution < 1.29 is 4.79 Å². The van der Waals surface area contributed by atoms with Gasteiger partial charge in [0.15, 0.2) is 5.69 Å². The maximum Gasteiger partial charge on any atom is 0.278 e. The van der Waals surface area contributed by atoms with Crippen LogP contribution >= 0.6 is 34.8 Å². The van der Waals surface area contributed by atoms with Crippen LogP contribution in [0.1, 0.15) is 29.5 Å². The van der Waals surface area contributed by atoms with Gasteiger partial charge in [-0.1, -0.05) is 53.4 Å². The predicted octanol–water partition coefficient (Wildman–Crippen LogP) is 5.43. The fourth-order valence-electron chi connectivity index (χ4n) is 2.49. The van der Waals surface area contributed by atoms with Crippen LogP contribution in [0.4, 0.5) is 5.69 Å². The van der Waals surface area contributed by atoms with Crippen LogP contribution in [0.2, 0.25) is 15.1 Å². The van der Waals surface area contributed by atoms with Gasteiger partial charge >= 0.3 is 0 Å². The standard InChI is InChI=1S/C18H15Cl3N4O/c1-2-3-16-17(18(26)22-12-6-9-14(20)15(21)10-12)23-24-25(16)13-7-4-11(19)5-8-13/h4-10H,2-3H2,1H3,(H,22,26). The molecule has 1 amide bonds. The molecule has 8 heteroatoms. The minimum absolute atomic E-state index is 0.271. The van der Waals surface area contributed by atoms with Crippen LogP contribution in [0.5, 0.6) is 0 Å². The first-order valence-corrected chi connectivity index (χ1v) is 9.10. The summed E-state index contributed by atoms with van der Waals surface area (Å²) in [7, 11) is 0. The molecule has 3 rings (SSSR count). The molecule has 1 N–H and O–H groups in total. The Balaban J connectivity index is 1.92. The molecule has 0 aliphatic carbocycles. The fraction of sp³-hybridized carbons (Fsp3) is 0.167. The number of halogens is 3. The van der Waals surface area contributed by atoms with Gasteiger partial charge in [0.05, 0.1) is 21.4 Å². The minimum atomic E-state index is -0.355. The topological polar surface area (TPSA) is 59.8 Å². The summed E-state index contributed by atoms with van der Waals surface area (Å²) in [6.45, 7) is 2.03.